The number of nitrogens with zero attached hydrogens (tertiary/aromatic N) is 5. The molecule has 2 aromatic heterocycles. The molecule has 0 saturated carbocycles. The Morgan fingerprint density at radius 3 is 2.60 bits per heavy atom. The van der Waals surface area contributed by atoms with Crippen LogP contribution in [0.15, 0.2) is 53.3 Å². The maximum Gasteiger partial charge on any atom is 0.252 e. The van der Waals surface area contributed by atoms with Crippen LogP contribution in [-0.4, -0.2) is 50.9 Å². The Morgan fingerprint density at radius 1 is 1.09 bits per heavy atom. The number of hydrogen-bond donors (Lipinski definition) is 1. The van der Waals surface area contributed by atoms with Gasteiger partial charge in [0.25, 0.3) is 5.56 Å². The Balaban J connectivity index is 1.71. The van der Waals surface area contributed by atoms with Gasteiger partial charge in [-0.1, -0.05) is 36.8 Å². The summed E-state index contributed by atoms with van der Waals surface area (Å²) in [5.41, 5.74) is 3.68. The van der Waals surface area contributed by atoms with Crippen LogP contribution in [-0.2, 0) is 24.4 Å². The van der Waals surface area contributed by atoms with Crippen LogP contribution in [0.4, 0.5) is 0 Å². The molecule has 2 heterocycles. The fraction of sp³-hybridized carbons (Fsp3) is 0.385. The Kier molecular flexibility index (Phi) is 7.89. The smallest absolute Gasteiger partial charge is 0.252 e. The van der Waals surface area contributed by atoms with Crippen molar-refractivity contribution in [2.75, 3.05) is 20.8 Å². The van der Waals surface area contributed by atoms with E-state index in [9.17, 15) is 4.79 Å². The van der Waals surface area contributed by atoms with E-state index >= 15 is 0 Å². The quantitative estimate of drug-likeness (QED) is 0.353. The van der Waals surface area contributed by atoms with Crippen LogP contribution in [0.5, 0.6) is 5.75 Å². The number of pyridine rings is 1. The number of rotatable bonds is 11. The number of aromatic amines is 1. The van der Waals surface area contributed by atoms with Crippen molar-refractivity contribution in [3.63, 3.8) is 0 Å². The van der Waals surface area contributed by atoms with Gasteiger partial charge in [0.1, 0.15) is 5.75 Å². The first-order chi connectivity index (χ1) is 17.0. The average Bonchev–Trinajstić information content (AvgIpc) is 3.32. The fourth-order valence-electron chi connectivity index (χ4n) is 4.28. The Bertz CT molecular complexity index is 1310. The number of ether oxygens (including phenoxy) is 2. The number of methoxy groups -OCH3 is 2. The molecule has 0 amide bonds. The molecule has 2 aromatic carbocycles. The predicted molar refractivity (Wildman–Crippen MR) is 134 cm³/mol. The molecule has 9 heteroatoms. The van der Waals surface area contributed by atoms with Crippen LogP contribution < -0.4 is 10.3 Å². The summed E-state index contributed by atoms with van der Waals surface area (Å²) in [5.74, 6) is 1.47. The number of tetrazole rings is 1. The molecular formula is C26H32N6O3. The predicted octanol–water partition coefficient (Wildman–Crippen LogP) is 3.63. The van der Waals surface area contributed by atoms with E-state index in [1.807, 2.05) is 24.3 Å². The molecule has 0 saturated heterocycles. The first-order valence-electron chi connectivity index (χ1n) is 11.8. The Labute approximate surface area is 204 Å². The zero-order valence-corrected chi connectivity index (χ0v) is 20.7. The van der Waals surface area contributed by atoms with Crippen LogP contribution in [0, 0.1) is 6.92 Å². The van der Waals surface area contributed by atoms with Crippen molar-refractivity contribution in [2.45, 2.75) is 45.9 Å². The minimum atomic E-state index is -0.117. The third-order valence-corrected chi connectivity index (χ3v) is 6.20. The van der Waals surface area contributed by atoms with E-state index in [0.29, 0.717) is 37.6 Å². The van der Waals surface area contributed by atoms with Gasteiger partial charge in [-0.15, -0.1) is 5.10 Å². The molecule has 9 nitrogen and oxygen atoms in total. The lowest BCUT2D eigenvalue weighted by Crippen LogP contribution is -2.32. The van der Waals surface area contributed by atoms with Gasteiger partial charge in [0.15, 0.2) is 5.82 Å². The van der Waals surface area contributed by atoms with Crippen molar-refractivity contribution in [1.29, 1.82) is 0 Å². The highest BCUT2D eigenvalue weighted by atomic mass is 16.5. The van der Waals surface area contributed by atoms with E-state index in [0.717, 1.165) is 28.7 Å². The summed E-state index contributed by atoms with van der Waals surface area (Å²) >= 11 is 0. The minimum Gasteiger partial charge on any atom is -0.497 e. The molecule has 0 spiro atoms. The SMILES string of the molecule is CC[C@@H](c1nnnn1CCOC)N(Cc1ccc(C)cc1)Cc1cc2ccc(OC)cc2[nH]c1=O. The second-order valence-corrected chi connectivity index (χ2v) is 8.64. The number of nitrogens with one attached hydrogen (secondary N) is 1. The number of aryl methyl sites for hydroxylation is 1. The number of H-pyrrole nitrogens is 1. The average molecular weight is 477 g/mol. The van der Waals surface area contributed by atoms with E-state index < -0.39 is 0 Å². The first-order valence-corrected chi connectivity index (χ1v) is 11.8. The molecule has 184 valence electrons. The molecule has 0 unspecified atom stereocenters. The van der Waals surface area contributed by atoms with E-state index in [4.69, 9.17) is 9.47 Å². The molecule has 0 aliphatic rings. The monoisotopic (exact) mass is 476 g/mol. The van der Waals surface area contributed by atoms with Gasteiger partial charge in [-0.05, 0) is 52.9 Å². The van der Waals surface area contributed by atoms with Gasteiger partial charge in [0.2, 0.25) is 0 Å². The van der Waals surface area contributed by atoms with E-state index in [2.05, 4.69) is 63.5 Å². The lowest BCUT2D eigenvalue weighted by molar-refractivity contribution is 0.151. The summed E-state index contributed by atoms with van der Waals surface area (Å²) in [6.45, 7) is 6.35. The van der Waals surface area contributed by atoms with Crippen LogP contribution in [0.3, 0.4) is 0 Å². The molecule has 4 rings (SSSR count). The molecule has 0 bridgehead atoms. The van der Waals surface area contributed by atoms with Crippen molar-refractivity contribution in [2.24, 2.45) is 0 Å². The third kappa shape index (κ3) is 5.75. The number of aromatic nitrogens is 5. The number of benzene rings is 2. The largest absolute Gasteiger partial charge is 0.497 e. The zero-order valence-electron chi connectivity index (χ0n) is 20.7. The van der Waals surface area contributed by atoms with Gasteiger partial charge < -0.3 is 14.5 Å². The summed E-state index contributed by atoms with van der Waals surface area (Å²) in [5, 5.41) is 13.4. The minimum absolute atomic E-state index is 0.0888. The molecular weight excluding hydrogens is 444 g/mol. The number of hydrogen-bond acceptors (Lipinski definition) is 7. The highest BCUT2D eigenvalue weighted by Gasteiger charge is 2.26. The van der Waals surface area contributed by atoms with Crippen LogP contribution in [0.25, 0.3) is 10.9 Å². The van der Waals surface area contributed by atoms with Crippen molar-refractivity contribution in [1.82, 2.24) is 30.1 Å². The Hall–Kier alpha value is -3.56. The van der Waals surface area contributed by atoms with Gasteiger partial charge in [-0.3, -0.25) is 9.69 Å². The summed E-state index contributed by atoms with van der Waals surface area (Å²) < 4.78 is 12.3. The molecule has 1 atom stereocenters. The van der Waals surface area contributed by atoms with Gasteiger partial charge in [-0.25, -0.2) is 4.68 Å². The summed E-state index contributed by atoms with van der Waals surface area (Å²) in [6.07, 6.45) is 0.780. The zero-order chi connectivity index (χ0) is 24.8. The first kappa shape index (κ1) is 24.6. The molecule has 1 N–H and O–H groups in total. The molecule has 35 heavy (non-hydrogen) atoms. The normalized spacial score (nSPS) is 12.4. The van der Waals surface area contributed by atoms with Crippen molar-refractivity contribution in [3.8, 4) is 5.75 Å². The maximum absolute atomic E-state index is 13.1. The van der Waals surface area contributed by atoms with Crippen LogP contribution >= 0.6 is 0 Å². The lowest BCUT2D eigenvalue weighted by atomic mass is 10.1. The topological polar surface area (TPSA) is 98.2 Å². The van der Waals surface area contributed by atoms with Gasteiger partial charge >= 0.3 is 0 Å². The molecule has 0 aliphatic heterocycles. The summed E-state index contributed by atoms with van der Waals surface area (Å²) in [4.78, 5) is 18.4. The Morgan fingerprint density at radius 2 is 1.89 bits per heavy atom. The standard InChI is InChI=1S/C26H32N6O3/c1-5-24(25-28-29-30-32(25)12-13-34-3)31(16-19-8-6-18(2)7-9-19)17-21-14-20-10-11-22(35-4)15-23(20)27-26(21)33/h6-11,14-15,24H,5,12-13,16-17H2,1-4H3,(H,27,33)/t24-/m0/s1. The second kappa shape index (κ2) is 11.2. The van der Waals surface area contributed by atoms with Crippen LogP contribution in [0.2, 0.25) is 0 Å². The second-order valence-electron chi connectivity index (χ2n) is 8.64. The molecule has 0 aliphatic carbocycles. The summed E-state index contributed by atoms with van der Waals surface area (Å²) in [6, 6.07) is 16.0. The van der Waals surface area contributed by atoms with Crippen molar-refractivity contribution in [3.05, 3.63) is 81.4 Å². The van der Waals surface area contributed by atoms with Crippen LogP contribution in [0.1, 0.15) is 41.9 Å². The van der Waals surface area contributed by atoms with Crippen molar-refractivity contribution >= 4 is 10.9 Å². The summed E-state index contributed by atoms with van der Waals surface area (Å²) in [7, 11) is 3.27. The van der Waals surface area contributed by atoms with E-state index in [1.54, 1.807) is 18.9 Å². The maximum atomic E-state index is 13.1. The number of fused-ring (bicyclic) bond motifs is 1. The van der Waals surface area contributed by atoms with Gasteiger partial charge in [-0.2, -0.15) is 0 Å². The highest BCUT2D eigenvalue weighted by molar-refractivity contribution is 5.80. The highest BCUT2D eigenvalue weighted by Crippen LogP contribution is 2.27. The van der Waals surface area contributed by atoms with Crippen molar-refractivity contribution < 1.29 is 9.47 Å². The third-order valence-electron chi connectivity index (χ3n) is 6.20. The van der Waals surface area contributed by atoms with Gasteiger partial charge in [0.05, 0.1) is 31.8 Å². The fourth-order valence-corrected chi connectivity index (χ4v) is 4.28. The molecule has 4 aromatic rings. The lowest BCUT2D eigenvalue weighted by Gasteiger charge is -2.30. The van der Waals surface area contributed by atoms with E-state index in [-0.39, 0.29) is 11.6 Å². The van der Waals surface area contributed by atoms with E-state index in [1.165, 1.54) is 5.56 Å². The molecule has 0 fully saturated rings. The molecule has 0 radical (unpaired) electrons. The van der Waals surface area contributed by atoms with Gasteiger partial charge in [0, 0.05) is 31.8 Å².